The molecule has 2 aromatic rings. The third-order valence-corrected chi connectivity index (χ3v) is 6.53. The number of likely N-dealkylation sites (tertiary alicyclic amines) is 1. The second-order valence-corrected chi connectivity index (χ2v) is 9.42. The Kier molecular flexibility index (Phi) is 7.35. The Morgan fingerprint density at radius 3 is 2.52 bits per heavy atom. The summed E-state index contributed by atoms with van der Waals surface area (Å²) in [6.07, 6.45) is 0.241. The summed E-state index contributed by atoms with van der Waals surface area (Å²) < 4.78 is 12.5. The first-order valence-corrected chi connectivity index (χ1v) is 11.7. The number of ether oxygens (including phenoxy) is 2. The predicted octanol–water partition coefficient (Wildman–Crippen LogP) is 3.41. The zero-order valence-corrected chi connectivity index (χ0v) is 19.7. The summed E-state index contributed by atoms with van der Waals surface area (Å²) in [5, 5.41) is 5.49. The van der Waals surface area contributed by atoms with Crippen LogP contribution in [-0.4, -0.2) is 58.3 Å². The van der Waals surface area contributed by atoms with Crippen LogP contribution in [0.3, 0.4) is 0 Å². The summed E-state index contributed by atoms with van der Waals surface area (Å²) in [6, 6.07) is 1.80. The van der Waals surface area contributed by atoms with Crippen LogP contribution in [0.25, 0.3) is 10.2 Å². The first-order valence-electron chi connectivity index (χ1n) is 10.8. The van der Waals surface area contributed by atoms with Crippen LogP contribution in [0.5, 0.6) is 0 Å². The minimum absolute atomic E-state index is 0.172. The summed E-state index contributed by atoms with van der Waals surface area (Å²) in [5.41, 5.74) is 0.875. The molecule has 0 aliphatic carbocycles. The van der Waals surface area contributed by atoms with Crippen molar-refractivity contribution in [2.24, 2.45) is 11.8 Å². The summed E-state index contributed by atoms with van der Waals surface area (Å²) >= 11 is 1.34. The maximum atomic E-state index is 12.7. The van der Waals surface area contributed by atoms with Gasteiger partial charge in [-0.2, -0.15) is 5.10 Å². The Labute approximate surface area is 186 Å². The number of carbonyl (C=O) groups is 3. The highest BCUT2D eigenvalue weighted by atomic mass is 32.1. The van der Waals surface area contributed by atoms with Crippen LogP contribution < -0.4 is 0 Å². The van der Waals surface area contributed by atoms with Crippen molar-refractivity contribution in [2.75, 3.05) is 19.7 Å². The Morgan fingerprint density at radius 1 is 1.23 bits per heavy atom. The van der Waals surface area contributed by atoms with Gasteiger partial charge in [0, 0.05) is 25.0 Å². The van der Waals surface area contributed by atoms with Crippen molar-refractivity contribution in [1.29, 1.82) is 0 Å². The second kappa shape index (κ2) is 9.80. The lowest BCUT2D eigenvalue weighted by Crippen LogP contribution is -2.45. The summed E-state index contributed by atoms with van der Waals surface area (Å²) in [7, 11) is 0. The third kappa shape index (κ3) is 5.26. The van der Waals surface area contributed by atoms with Gasteiger partial charge in [0.2, 0.25) is 0 Å². The van der Waals surface area contributed by atoms with Crippen LogP contribution in [-0.2, 0) is 25.6 Å². The fourth-order valence-electron chi connectivity index (χ4n) is 3.80. The highest BCUT2D eigenvalue weighted by Gasteiger charge is 2.31. The van der Waals surface area contributed by atoms with Crippen molar-refractivity contribution in [2.45, 2.75) is 60.1 Å². The van der Waals surface area contributed by atoms with E-state index < -0.39 is 12.1 Å². The van der Waals surface area contributed by atoms with E-state index in [9.17, 15) is 14.4 Å². The number of rotatable bonds is 7. The molecule has 0 bridgehead atoms. The number of fused-ring (bicyclic) bond motifs is 1. The first-order chi connectivity index (χ1) is 14.7. The van der Waals surface area contributed by atoms with E-state index in [0.29, 0.717) is 43.3 Å². The average Bonchev–Trinajstić information content (AvgIpc) is 3.29. The van der Waals surface area contributed by atoms with Gasteiger partial charge in [0.25, 0.3) is 5.91 Å². The standard InChI is InChI=1S/C22H31N3O5S/c1-6-29-21(27)16-7-9-24(10-8-16)19(26)15(5)30-22(28)18-11-17-14(4)23-25(12-13(2)3)20(17)31-18/h11,13,15-16H,6-10,12H2,1-5H3. The second-order valence-electron chi connectivity index (χ2n) is 8.39. The van der Waals surface area contributed by atoms with Crippen molar-refractivity contribution < 1.29 is 23.9 Å². The van der Waals surface area contributed by atoms with Gasteiger partial charge in [-0.25, -0.2) is 4.79 Å². The lowest BCUT2D eigenvalue weighted by atomic mass is 9.97. The molecule has 0 radical (unpaired) electrons. The number of aromatic nitrogens is 2. The molecule has 1 amide bonds. The lowest BCUT2D eigenvalue weighted by Gasteiger charge is -2.32. The molecule has 0 spiro atoms. The van der Waals surface area contributed by atoms with E-state index in [4.69, 9.17) is 9.47 Å². The molecule has 3 heterocycles. The molecule has 0 saturated carbocycles. The molecule has 3 rings (SSSR count). The van der Waals surface area contributed by atoms with E-state index in [2.05, 4.69) is 18.9 Å². The fraction of sp³-hybridized carbons (Fsp3) is 0.636. The largest absolute Gasteiger partial charge is 0.466 e. The van der Waals surface area contributed by atoms with Gasteiger partial charge >= 0.3 is 11.9 Å². The lowest BCUT2D eigenvalue weighted by molar-refractivity contribution is -0.152. The topological polar surface area (TPSA) is 90.7 Å². The summed E-state index contributed by atoms with van der Waals surface area (Å²) in [5.74, 6) is -0.678. The van der Waals surface area contributed by atoms with Gasteiger partial charge in [-0.05, 0) is 45.6 Å². The normalized spacial score (nSPS) is 16.0. The minimum atomic E-state index is -0.884. The smallest absolute Gasteiger partial charge is 0.349 e. The number of nitrogens with zero attached hydrogens (tertiary/aromatic N) is 3. The molecule has 8 nitrogen and oxygen atoms in total. The SMILES string of the molecule is CCOC(=O)C1CCN(C(=O)C(C)OC(=O)c2cc3c(C)nn(CC(C)C)c3s2)CC1. The maximum Gasteiger partial charge on any atom is 0.349 e. The fourth-order valence-corrected chi connectivity index (χ4v) is 4.86. The van der Waals surface area contributed by atoms with Gasteiger partial charge < -0.3 is 14.4 Å². The van der Waals surface area contributed by atoms with Gasteiger partial charge in [-0.15, -0.1) is 11.3 Å². The maximum absolute atomic E-state index is 12.7. The number of aryl methyl sites for hydroxylation is 1. The van der Waals surface area contributed by atoms with E-state index in [1.165, 1.54) is 11.3 Å². The summed E-state index contributed by atoms with van der Waals surface area (Å²) in [4.78, 5) is 40.4. The number of piperidine rings is 1. The highest BCUT2D eigenvalue weighted by Crippen LogP contribution is 2.30. The predicted molar refractivity (Wildman–Crippen MR) is 118 cm³/mol. The van der Waals surface area contributed by atoms with E-state index in [1.807, 2.05) is 11.6 Å². The molecular formula is C22H31N3O5S. The molecule has 1 unspecified atom stereocenters. The van der Waals surface area contributed by atoms with Gasteiger partial charge in [-0.3, -0.25) is 14.3 Å². The van der Waals surface area contributed by atoms with Crippen molar-refractivity contribution in [3.05, 3.63) is 16.6 Å². The van der Waals surface area contributed by atoms with E-state index >= 15 is 0 Å². The van der Waals surface area contributed by atoms with E-state index in [0.717, 1.165) is 22.5 Å². The van der Waals surface area contributed by atoms with Crippen LogP contribution in [0.4, 0.5) is 0 Å². The molecule has 1 atom stereocenters. The Bertz CT molecular complexity index is 956. The molecule has 0 aromatic carbocycles. The van der Waals surface area contributed by atoms with Crippen molar-refractivity contribution in [1.82, 2.24) is 14.7 Å². The quantitative estimate of drug-likeness (QED) is 0.602. The molecule has 31 heavy (non-hydrogen) atoms. The zero-order valence-electron chi connectivity index (χ0n) is 18.8. The number of esters is 2. The minimum Gasteiger partial charge on any atom is -0.466 e. The number of hydrogen-bond acceptors (Lipinski definition) is 7. The molecule has 1 aliphatic heterocycles. The molecule has 1 fully saturated rings. The van der Waals surface area contributed by atoms with Crippen LogP contribution in [0, 0.1) is 18.8 Å². The van der Waals surface area contributed by atoms with Crippen molar-refractivity contribution in [3.63, 3.8) is 0 Å². The van der Waals surface area contributed by atoms with Crippen LogP contribution in [0.1, 0.15) is 55.9 Å². The van der Waals surface area contributed by atoms with Crippen LogP contribution in [0.2, 0.25) is 0 Å². The number of thiophene rings is 1. The van der Waals surface area contributed by atoms with Crippen molar-refractivity contribution >= 4 is 39.4 Å². The molecular weight excluding hydrogens is 418 g/mol. The third-order valence-electron chi connectivity index (χ3n) is 5.40. The number of amides is 1. The number of carbonyl (C=O) groups excluding carboxylic acids is 3. The number of hydrogen-bond donors (Lipinski definition) is 0. The monoisotopic (exact) mass is 449 g/mol. The van der Waals surface area contributed by atoms with E-state index in [-0.39, 0.29) is 17.8 Å². The Hall–Kier alpha value is -2.42. The molecule has 1 aliphatic rings. The van der Waals surface area contributed by atoms with Crippen LogP contribution in [0.15, 0.2) is 6.07 Å². The van der Waals surface area contributed by atoms with Crippen molar-refractivity contribution in [3.8, 4) is 0 Å². The molecule has 2 aromatic heterocycles. The molecule has 9 heteroatoms. The Morgan fingerprint density at radius 2 is 1.90 bits per heavy atom. The zero-order chi connectivity index (χ0) is 22.7. The van der Waals surface area contributed by atoms with E-state index in [1.54, 1.807) is 24.8 Å². The average molecular weight is 450 g/mol. The van der Waals surface area contributed by atoms with Gasteiger partial charge in [0.15, 0.2) is 6.10 Å². The van der Waals surface area contributed by atoms with Gasteiger partial charge in [0.1, 0.15) is 9.71 Å². The molecule has 0 N–H and O–H groups in total. The Balaban J connectivity index is 1.60. The van der Waals surface area contributed by atoms with Crippen LogP contribution >= 0.6 is 11.3 Å². The van der Waals surface area contributed by atoms with Gasteiger partial charge in [-0.1, -0.05) is 13.8 Å². The molecule has 1 saturated heterocycles. The first kappa shape index (κ1) is 23.2. The highest BCUT2D eigenvalue weighted by molar-refractivity contribution is 7.20. The molecule has 170 valence electrons. The van der Waals surface area contributed by atoms with Gasteiger partial charge in [0.05, 0.1) is 18.2 Å². The summed E-state index contributed by atoms with van der Waals surface area (Å²) in [6.45, 7) is 11.6.